The number of benzene rings is 3. The van der Waals surface area contributed by atoms with Crippen molar-refractivity contribution in [2.75, 3.05) is 18.5 Å². The second-order valence-electron chi connectivity index (χ2n) is 6.31. The van der Waals surface area contributed by atoms with E-state index in [2.05, 4.69) is 5.32 Å². The Morgan fingerprint density at radius 1 is 0.793 bits per heavy atom. The van der Waals surface area contributed by atoms with Crippen LogP contribution in [-0.4, -0.2) is 19.1 Å². The predicted octanol–water partition coefficient (Wildman–Crippen LogP) is 5.46. The van der Waals surface area contributed by atoms with Crippen LogP contribution in [0.25, 0.3) is 0 Å². The lowest BCUT2D eigenvalue weighted by Gasteiger charge is -2.12. The smallest absolute Gasteiger partial charge is 0.228 e. The molecule has 1 amide bonds. The van der Waals surface area contributed by atoms with Crippen LogP contribution in [0.2, 0.25) is 0 Å². The number of carbonyl (C=O) groups is 1. The summed E-state index contributed by atoms with van der Waals surface area (Å²) in [6.45, 7) is 4.94. The molecule has 0 bridgehead atoms. The number of para-hydroxylation sites is 1. The van der Waals surface area contributed by atoms with Crippen molar-refractivity contribution in [2.24, 2.45) is 0 Å². The number of anilines is 1. The van der Waals surface area contributed by atoms with Crippen molar-refractivity contribution in [3.05, 3.63) is 78.4 Å². The molecule has 0 spiro atoms. The molecule has 3 aromatic rings. The monoisotopic (exact) mass is 391 g/mol. The second kappa shape index (κ2) is 10.2. The number of amides is 1. The molecule has 0 heterocycles. The fourth-order valence-electron chi connectivity index (χ4n) is 2.83. The maximum Gasteiger partial charge on any atom is 0.228 e. The lowest BCUT2D eigenvalue weighted by molar-refractivity contribution is -0.115. The maximum atomic E-state index is 12.4. The Kier molecular flexibility index (Phi) is 7.11. The normalized spacial score (nSPS) is 10.3. The summed E-state index contributed by atoms with van der Waals surface area (Å²) in [6.07, 6.45) is 0.245. The van der Waals surface area contributed by atoms with E-state index in [4.69, 9.17) is 14.2 Å². The van der Waals surface area contributed by atoms with Gasteiger partial charge >= 0.3 is 0 Å². The zero-order valence-corrected chi connectivity index (χ0v) is 16.7. The Labute approximate surface area is 171 Å². The molecule has 0 saturated heterocycles. The van der Waals surface area contributed by atoms with E-state index in [9.17, 15) is 4.79 Å². The van der Waals surface area contributed by atoms with Crippen LogP contribution in [0.15, 0.2) is 72.8 Å². The standard InChI is InChI=1S/C24H25NO4/c1-3-27-22-15-10-18(16-23(22)28-4-2)17-24(26)25-19-11-13-21(14-12-19)29-20-8-6-5-7-9-20/h5-16H,3-4,17H2,1-2H3,(H,25,26). The van der Waals surface area contributed by atoms with Gasteiger partial charge in [0.05, 0.1) is 19.6 Å². The van der Waals surface area contributed by atoms with Crippen molar-refractivity contribution < 1.29 is 19.0 Å². The summed E-state index contributed by atoms with van der Waals surface area (Å²) in [7, 11) is 0. The van der Waals surface area contributed by atoms with Gasteiger partial charge in [0.2, 0.25) is 5.91 Å². The highest BCUT2D eigenvalue weighted by atomic mass is 16.5. The molecule has 150 valence electrons. The first-order valence-electron chi connectivity index (χ1n) is 9.69. The van der Waals surface area contributed by atoms with E-state index < -0.39 is 0 Å². The SMILES string of the molecule is CCOc1ccc(CC(=O)Nc2ccc(Oc3ccccc3)cc2)cc1OCC. The quantitative estimate of drug-likeness (QED) is 0.526. The van der Waals surface area contributed by atoms with Gasteiger partial charge in [0.1, 0.15) is 11.5 Å². The van der Waals surface area contributed by atoms with Gasteiger partial charge in [-0.1, -0.05) is 24.3 Å². The highest BCUT2D eigenvalue weighted by Gasteiger charge is 2.10. The summed E-state index contributed by atoms with van der Waals surface area (Å²) in [5.41, 5.74) is 1.57. The van der Waals surface area contributed by atoms with Gasteiger partial charge in [0.15, 0.2) is 11.5 Å². The molecule has 0 unspecified atom stereocenters. The van der Waals surface area contributed by atoms with Crippen molar-refractivity contribution in [1.29, 1.82) is 0 Å². The predicted molar refractivity (Wildman–Crippen MR) is 114 cm³/mol. The van der Waals surface area contributed by atoms with Crippen LogP contribution in [0.5, 0.6) is 23.0 Å². The van der Waals surface area contributed by atoms with E-state index in [1.165, 1.54) is 0 Å². The molecule has 0 aliphatic heterocycles. The lowest BCUT2D eigenvalue weighted by atomic mass is 10.1. The Bertz CT molecular complexity index is 923. The first kappa shape index (κ1) is 20.3. The van der Waals surface area contributed by atoms with Crippen molar-refractivity contribution in [1.82, 2.24) is 0 Å². The topological polar surface area (TPSA) is 56.8 Å². The van der Waals surface area contributed by atoms with E-state index >= 15 is 0 Å². The van der Waals surface area contributed by atoms with Gasteiger partial charge in [-0.2, -0.15) is 0 Å². The van der Waals surface area contributed by atoms with Crippen LogP contribution in [0.4, 0.5) is 5.69 Å². The minimum absolute atomic E-state index is 0.103. The van der Waals surface area contributed by atoms with Crippen molar-refractivity contribution in [3.8, 4) is 23.0 Å². The van der Waals surface area contributed by atoms with Gasteiger partial charge in [0, 0.05) is 5.69 Å². The van der Waals surface area contributed by atoms with Crippen molar-refractivity contribution >= 4 is 11.6 Å². The minimum atomic E-state index is -0.103. The summed E-state index contributed by atoms with van der Waals surface area (Å²) < 4.78 is 16.9. The van der Waals surface area contributed by atoms with Crippen LogP contribution < -0.4 is 19.5 Å². The molecule has 0 aliphatic carbocycles. The van der Waals surface area contributed by atoms with Gasteiger partial charge in [0.25, 0.3) is 0 Å². The van der Waals surface area contributed by atoms with Gasteiger partial charge in [-0.3, -0.25) is 4.79 Å². The molecule has 3 aromatic carbocycles. The summed E-state index contributed by atoms with van der Waals surface area (Å²) in [5.74, 6) is 2.72. The highest BCUT2D eigenvalue weighted by molar-refractivity contribution is 5.92. The number of hydrogen-bond acceptors (Lipinski definition) is 4. The molecule has 5 nitrogen and oxygen atoms in total. The molecular weight excluding hydrogens is 366 g/mol. The van der Waals surface area contributed by atoms with Gasteiger partial charge in [-0.25, -0.2) is 0 Å². The zero-order chi connectivity index (χ0) is 20.5. The molecule has 1 N–H and O–H groups in total. The number of carbonyl (C=O) groups excluding carboxylic acids is 1. The van der Waals surface area contributed by atoms with Crippen molar-refractivity contribution in [3.63, 3.8) is 0 Å². The number of nitrogens with one attached hydrogen (secondary N) is 1. The zero-order valence-electron chi connectivity index (χ0n) is 16.7. The van der Waals surface area contributed by atoms with E-state index in [1.807, 2.05) is 86.6 Å². The first-order valence-corrected chi connectivity index (χ1v) is 9.69. The van der Waals surface area contributed by atoms with E-state index in [1.54, 1.807) is 0 Å². The minimum Gasteiger partial charge on any atom is -0.490 e. The Hall–Kier alpha value is -3.47. The molecule has 5 heteroatoms. The van der Waals surface area contributed by atoms with Crippen LogP contribution in [-0.2, 0) is 11.2 Å². The summed E-state index contributed by atoms with van der Waals surface area (Å²) in [5, 5.41) is 2.91. The molecule has 0 aliphatic rings. The van der Waals surface area contributed by atoms with E-state index in [0.717, 1.165) is 11.3 Å². The number of ether oxygens (including phenoxy) is 3. The Morgan fingerprint density at radius 3 is 2.14 bits per heavy atom. The van der Waals surface area contributed by atoms with Gasteiger partial charge in [-0.15, -0.1) is 0 Å². The van der Waals surface area contributed by atoms with E-state index in [-0.39, 0.29) is 12.3 Å². The van der Waals surface area contributed by atoms with Crippen LogP contribution in [0, 0.1) is 0 Å². The fraction of sp³-hybridized carbons (Fsp3) is 0.208. The number of hydrogen-bond donors (Lipinski definition) is 1. The van der Waals surface area contributed by atoms with Crippen LogP contribution in [0.1, 0.15) is 19.4 Å². The molecule has 0 atom stereocenters. The third-order valence-corrected chi connectivity index (χ3v) is 4.09. The van der Waals surface area contributed by atoms with Crippen LogP contribution >= 0.6 is 0 Å². The third kappa shape index (κ3) is 6.01. The second-order valence-corrected chi connectivity index (χ2v) is 6.31. The highest BCUT2D eigenvalue weighted by Crippen LogP contribution is 2.29. The molecule has 0 aromatic heterocycles. The summed E-state index contributed by atoms with van der Waals surface area (Å²) in [4.78, 5) is 12.4. The molecule has 0 fully saturated rings. The first-order chi connectivity index (χ1) is 14.2. The molecule has 0 radical (unpaired) electrons. The van der Waals surface area contributed by atoms with Crippen LogP contribution in [0.3, 0.4) is 0 Å². The molecule has 0 saturated carbocycles. The van der Waals surface area contributed by atoms with Gasteiger partial charge in [-0.05, 0) is 67.9 Å². The lowest BCUT2D eigenvalue weighted by Crippen LogP contribution is -2.14. The average Bonchev–Trinajstić information content (AvgIpc) is 2.72. The summed E-state index contributed by atoms with van der Waals surface area (Å²) >= 11 is 0. The summed E-state index contributed by atoms with van der Waals surface area (Å²) in [6, 6.07) is 22.4. The average molecular weight is 391 g/mol. The maximum absolute atomic E-state index is 12.4. The molecule has 29 heavy (non-hydrogen) atoms. The fourth-order valence-corrected chi connectivity index (χ4v) is 2.83. The van der Waals surface area contributed by atoms with Crippen molar-refractivity contribution in [2.45, 2.75) is 20.3 Å². The largest absolute Gasteiger partial charge is 0.490 e. The molecular formula is C24H25NO4. The third-order valence-electron chi connectivity index (χ3n) is 4.09. The molecule has 3 rings (SSSR count). The number of rotatable bonds is 9. The van der Waals surface area contributed by atoms with Gasteiger partial charge < -0.3 is 19.5 Å². The Balaban J connectivity index is 1.59. The van der Waals surface area contributed by atoms with E-state index in [0.29, 0.717) is 36.1 Å². The Morgan fingerprint density at radius 2 is 1.45 bits per heavy atom.